The largest absolute Gasteiger partial charge is 0.382 e. The van der Waals surface area contributed by atoms with Gasteiger partial charge in [0.1, 0.15) is 11.6 Å². The number of aryl methyl sites for hydroxylation is 3. The van der Waals surface area contributed by atoms with Crippen molar-refractivity contribution in [3.05, 3.63) is 47.4 Å². The van der Waals surface area contributed by atoms with Crippen molar-refractivity contribution in [3.8, 4) is 0 Å². The third kappa shape index (κ3) is 2.00. The number of rotatable bonds is 3. The second-order valence-electron chi connectivity index (χ2n) is 3.85. The van der Waals surface area contributed by atoms with Crippen LogP contribution in [0.3, 0.4) is 0 Å². The molecular formula is C12H16N4. The monoisotopic (exact) mass is 216 g/mol. The Morgan fingerprint density at radius 3 is 2.44 bits per heavy atom. The first-order valence-electron chi connectivity index (χ1n) is 5.31. The molecule has 0 radical (unpaired) electrons. The number of nitrogens with two attached hydrogens (primary N) is 2. The Bertz CT molecular complexity index is 473. The van der Waals surface area contributed by atoms with Crippen molar-refractivity contribution in [1.29, 1.82) is 0 Å². The van der Waals surface area contributed by atoms with Crippen LogP contribution in [-0.4, -0.2) is 9.66 Å². The lowest BCUT2D eigenvalue weighted by molar-refractivity contribution is 0.917. The normalized spacial score (nSPS) is 10.6. The molecule has 0 aliphatic carbocycles. The van der Waals surface area contributed by atoms with Crippen molar-refractivity contribution in [1.82, 2.24) is 9.66 Å². The first kappa shape index (κ1) is 10.5. The lowest BCUT2D eigenvalue weighted by atomic mass is 10.1. The highest BCUT2D eigenvalue weighted by molar-refractivity contribution is 5.38. The molecule has 4 heteroatoms. The predicted molar refractivity (Wildman–Crippen MR) is 65.4 cm³/mol. The van der Waals surface area contributed by atoms with Crippen molar-refractivity contribution in [2.75, 3.05) is 11.6 Å². The molecule has 2 rings (SSSR count). The first-order valence-corrected chi connectivity index (χ1v) is 5.31. The zero-order valence-corrected chi connectivity index (χ0v) is 9.35. The molecular weight excluding hydrogens is 200 g/mol. The van der Waals surface area contributed by atoms with Gasteiger partial charge in [0.05, 0.1) is 5.69 Å². The molecule has 4 N–H and O–H groups in total. The lowest BCUT2D eigenvalue weighted by Crippen LogP contribution is -2.13. The molecule has 1 heterocycles. The van der Waals surface area contributed by atoms with Crippen molar-refractivity contribution >= 4 is 5.82 Å². The number of hydrogen-bond donors (Lipinski definition) is 2. The van der Waals surface area contributed by atoms with Crippen molar-refractivity contribution in [2.45, 2.75) is 19.8 Å². The third-order valence-corrected chi connectivity index (χ3v) is 2.69. The Kier molecular flexibility index (Phi) is 2.81. The van der Waals surface area contributed by atoms with Crippen molar-refractivity contribution in [3.63, 3.8) is 0 Å². The minimum Gasteiger partial charge on any atom is -0.382 e. The molecule has 0 atom stereocenters. The van der Waals surface area contributed by atoms with E-state index in [-0.39, 0.29) is 0 Å². The molecule has 2 aromatic rings. The van der Waals surface area contributed by atoms with E-state index in [0.29, 0.717) is 5.82 Å². The van der Waals surface area contributed by atoms with E-state index in [0.717, 1.165) is 24.4 Å². The molecule has 4 nitrogen and oxygen atoms in total. The summed E-state index contributed by atoms with van der Waals surface area (Å²) in [5, 5.41) is 0. The van der Waals surface area contributed by atoms with E-state index >= 15 is 0 Å². The average molecular weight is 216 g/mol. The van der Waals surface area contributed by atoms with Gasteiger partial charge in [-0.15, -0.1) is 0 Å². The van der Waals surface area contributed by atoms with Crippen LogP contribution in [0.1, 0.15) is 17.1 Å². The standard InChI is InChI=1S/C12H16N4/c1-9-15-11(12(13)16(9)14)8-7-10-5-3-2-4-6-10/h2-6H,7-8,13-14H2,1H3. The van der Waals surface area contributed by atoms with Gasteiger partial charge in [0, 0.05) is 0 Å². The molecule has 0 saturated heterocycles. The van der Waals surface area contributed by atoms with E-state index in [4.69, 9.17) is 11.6 Å². The molecule has 0 unspecified atom stereocenters. The molecule has 0 spiro atoms. The Balaban J connectivity index is 2.08. The zero-order valence-electron chi connectivity index (χ0n) is 9.35. The van der Waals surface area contributed by atoms with Gasteiger partial charge in [0.25, 0.3) is 0 Å². The maximum Gasteiger partial charge on any atom is 0.145 e. The maximum atomic E-state index is 5.84. The summed E-state index contributed by atoms with van der Waals surface area (Å²) in [6, 6.07) is 10.3. The van der Waals surface area contributed by atoms with Crippen LogP contribution in [0.25, 0.3) is 0 Å². The van der Waals surface area contributed by atoms with Crippen LogP contribution < -0.4 is 11.6 Å². The lowest BCUT2D eigenvalue weighted by Gasteiger charge is -2.00. The smallest absolute Gasteiger partial charge is 0.145 e. The molecule has 0 amide bonds. The topological polar surface area (TPSA) is 69.9 Å². The second kappa shape index (κ2) is 4.26. The van der Waals surface area contributed by atoms with Crippen molar-refractivity contribution < 1.29 is 0 Å². The molecule has 0 fully saturated rings. The molecule has 84 valence electrons. The molecule has 0 bridgehead atoms. The van der Waals surface area contributed by atoms with Crippen LogP contribution in [0.4, 0.5) is 5.82 Å². The summed E-state index contributed by atoms with van der Waals surface area (Å²) in [5.41, 5.74) is 8.01. The maximum absolute atomic E-state index is 5.84. The van der Waals surface area contributed by atoms with Crippen LogP contribution in [0.2, 0.25) is 0 Å². The summed E-state index contributed by atoms with van der Waals surface area (Å²) in [5.74, 6) is 7.01. The van der Waals surface area contributed by atoms with E-state index < -0.39 is 0 Å². The highest BCUT2D eigenvalue weighted by Crippen LogP contribution is 2.13. The number of nitrogens with zero attached hydrogens (tertiary/aromatic N) is 2. The SMILES string of the molecule is Cc1nc(CCc2ccccc2)c(N)n1N. The van der Waals surface area contributed by atoms with Gasteiger partial charge in [-0.2, -0.15) is 0 Å². The van der Waals surface area contributed by atoms with Crippen LogP contribution in [0, 0.1) is 6.92 Å². The Hall–Kier alpha value is -1.97. The molecule has 0 aliphatic heterocycles. The van der Waals surface area contributed by atoms with Crippen LogP contribution in [-0.2, 0) is 12.8 Å². The third-order valence-electron chi connectivity index (χ3n) is 2.69. The van der Waals surface area contributed by atoms with E-state index in [2.05, 4.69) is 17.1 Å². The molecule has 1 aromatic carbocycles. The average Bonchev–Trinajstić information content (AvgIpc) is 2.56. The van der Waals surface area contributed by atoms with E-state index in [1.54, 1.807) is 0 Å². The van der Waals surface area contributed by atoms with Crippen LogP contribution in [0.5, 0.6) is 0 Å². The van der Waals surface area contributed by atoms with Gasteiger partial charge in [0.2, 0.25) is 0 Å². The highest BCUT2D eigenvalue weighted by Gasteiger charge is 2.09. The summed E-state index contributed by atoms with van der Waals surface area (Å²) in [4.78, 5) is 4.34. The second-order valence-corrected chi connectivity index (χ2v) is 3.85. The van der Waals surface area contributed by atoms with Gasteiger partial charge in [-0.25, -0.2) is 9.66 Å². The van der Waals surface area contributed by atoms with E-state index in [9.17, 15) is 0 Å². The van der Waals surface area contributed by atoms with Crippen molar-refractivity contribution in [2.24, 2.45) is 0 Å². The summed E-state index contributed by atoms with van der Waals surface area (Å²) >= 11 is 0. The van der Waals surface area contributed by atoms with Crippen LogP contribution >= 0.6 is 0 Å². The zero-order chi connectivity index (χ0) is 11.5. The number of aromatic nitrogens is 2. The summed E-state index contributed by atoms with van der Waals surface area (Å²) in [7, 11) is 0. The van der Waals surface area contributed by atoms with E-state index in [1.165, 1.54) is 10.2 Å². The first-order chi connectivity index (χ1) is 7.68. The molecule has 16 heavy (non-hydrogen) atoms. The summed E-state index contributed by atoms with van der Waals surface area (Å²) in [6.45, 7) is 1.85. The van der Waals surface area contributed by atoms with Gasteiger partial charge in [-0.05, 0) is 25.3 Å². The fraction of sp³-hybridized carbons (Fsp3) is 0.250. The summed E-state index contributed by atoms with van der Waals surface area (Å²) in [6.07, 6.45) is 1.75. The quantitative estimate of drug-likeness (QED) is 0.759. The van der Waals surface area contributed by atoms with Gasteiger partial charge in [0.15, 0.2) is 0 Å². The number of anilines is 1. The minimum atomic E-state index is 0.563. The van der Waals surface area contributed by atoms with E-state index in [1.807, 2.05) is 25.1 Å². The minimum absolute atomic E-state index is 0.563. The Morgan fingerprint density at radius 2 is 1.88 bits per heavy atom. The van der Waals surface area contributed by atoms with Gasteiger partial charge in [-0.1, -0.05) is 30.3 Å². The van der Waals surface area contributed by atoms with Gasteiger partial charge >= 0.3 is 0 Å². The Morgan fingerprint density at radius 1 is 1.19 bits per heavy atom. The number of hydrogen-bond acceptors (Lipinski definition) is 3. The van der Waals surface area contributed by atoms with Gasteiger partial charge in [-0.3, -0.25) is 0 Å². The highest BCUT2D eigenvalue weighted by atomic mass is 15.4. The molecule has 0 aliphatic rings. The summed E-state index contributed by atoms with van der Waals surface area (Å²) < 4.78 is 1.43. The number of benzene rings is 1. The molecule has 0 saturated carbocycles. The predicted octanol–water partition coefficient (Wildman–Crippen LogP) is 1.27. The fourth-order valence-corrected chi connectivity index (χ4v) is 1.71. The van der Waals surface area contributed by atoms with Gasteiger partial charge < -0.3 is 11.6 Å². The fourth-order valence-electron chi connectivity index (χ4n) is 1.71. The van der Waals surface area contributed by atoms with Crippen LogP contribution in [0.15, 0.2) is 30.3 Å². The molecule has 1 aromatic heterocycles. The Labute approximate surface area is 94.9 Å². The number of nitrogen functional groups attached to an aromatic ring is 2. The number of imidazole rings is 1.